The maximum Gasteiger partial charge on any atom is 0.255 e. The number of hydrogen-bond donors (Lipinski definition) is 1. The van der Waals surface area contributed by atoms with E-state index in [1.54, 1.807) is 6.07 Å². The summed E-state index contributed by atoms with van der Waals surface area (Å²) in [7, 11) is 0. The van der Waals surface area contributed by atoms with Crippen molar-refractivity contribution in [3.63, 3.8) is 0 Å². The Kier molecular flexibility index (Phi) is 5.35. The number of hydrogen-bond acceptors (Lipinski definition) is 2. The average Bonchev–Trinajstić information content (AvgIpc) is 2.46. The van der Waals surface area contributed by atoms with Crippen molar-refractivity contribution in [1.29, 1.82) is 0 Å². The Bertz CT molecular complexity index is 613. The molecule has 23 heavy (non-hydrogen) atoms. The molecule has 0 spiro atoms. The van der Waals surface area contributed by atoms with Crippen molar-refractivity contribution >= 4 is 23.4 Å². The summed E-state index contributed by atoms with van der Waals surface area (Å²) in [4.78, 5) is 26.1. The molecule has 1 saturated heterocycles. The maximum atomic E-state index is 12.7. The Morgan fingerprint density at radius 3 is 2.70 bits per heavy atom. The molecule has 0 aromatic heterocycles. The van der Waals surface area contributed by atoms with E-state index < -0.39 is 5.41 Å². The van der Waals surface area contributed by atoms with Crippen molar-refractivity contribution in [2.75, 3.05) is 13.1 Å². The molecule has 1 heterocycles. The van der Waals surface area contributed by atoms with Crippen LogP contribution in [-0.4, -0.2) is 29.8 Å². The van der Waals surface area contributed by atoms with Gasteiger partial charge in [0.25, 0.3) is 5.91 Å². The Morgan fingerprint density at radius 1 is 1.39 bits per heavy atom. The van der Waals surface area contributed by atoms with E-state index in [0.29, 0.717) is 29.5 Å². The normalized spacial score (nSPS) is 18.8. The summed E-state index contributed by atoms with van der Waals surface area (Å²) in [6.45, 7) is 7.07. The third-order valence-corrected chi connectivity index (χ3v) is 4.94. The molecule has 2 rings (SSSR count). The van der Waals surface area contributed by atoms with Crippen LogP contribution in [-0.2, 0) is 4.79 Å². The molecule has 0 aliphatic carbocycles. The van der Waals surface area contributed by atoms with Crippen molar-refractivity contribution in [2.24, 2.45) is 17.1 Å². The molecular formula is C18H25ClN2O2. The minimum absolute atomic E-state index is 0.0309. The zero-order chi connectivity index (χ0) is 17.2. The van der Waals surface area contributed by atoms with Gasteiger partial charge in [-0.2, -0.15) is 0 Å². The first kappa shape index (κ1) is 17.8. The number of likely N-dealkylation sites (tertiary alicyclic amines) is 1. The van der Waals surface area contributed by atoms with Crippen LogP contribution in [0.15, 0.2) is 18.2 Å². The lowest BCUT2D eigenvalue weighted by molar-refractivity contribution is -0.127. The van der Waals surface area contributed by atoms with Gasteiger partial charge in [0, 0.05) is 18.5 Å². The van der Waals surface area contributed by atoms with Crippen LogP contribution in [0.25, 0.3) is 0 Å². The van der Waals surface area contributed by atoms with Crippen molar-refractivity contribution in [3.05, 3.63) is 34.3 Å². The lowest BCUT2D eigenvalue weighted by Gasteiger charge is -2.36. The topological polar surface area (TPSA) is 63.4 Å². The largest absolute Gasteiger partial charge is 0.369 e. The van der Waals surface area contributed by atoms with Crippen LogP contribution in [0, 0.1) is 18.3 Å². The van der Waals surface area contributed by atoms with Gasteiger partial charge in [-0.3, -0.25) is 9.59 Å². The van der Waals surface area contributed by atoms with E-state index in [4.69, 9.17) is 17.3 Å². The number of benzene rings is 1. The van der Waals surface area contributed by atoms with Gasteiger partial charge in [0.1, 0.15) is 0 Å². The Balaban J connectivity index is 2.08. The lowest BCUT2D eigenvalue weighted by Crippen LogP contribution is -2.43. The Hall–Kier alpha value is -1.55. The van der Waals surface area contributed by atoms with Crippen molar-refractivity contribution in [3.8, 4) is 0 Å². The third kappa shape index (κ3) is 4.25. The predicted molar refractivity (Wildman–Crippen MR) is 92.4 cm³/mol. The van der Waals surface area contributed by atoms with Gasteiger partial charge in [0.15, 0.2) is 0 Å². The van der Waals surface area contributed by atoms with Crippen LogP contribution in [0.1, 0.15) is 49.0 Å². The molecule has 0 bridgehead atoms. The quantitative estimate of drug-likeness (QED) is 0.915. The highest BCUT2D eigenvalue weighted by Gasteiger charge is 2.32. The molecule has 2 N–H and O–H groups in total. The lowest BCUT2D eigenvalue weighted by atomic mass is 9.79. The van der Waals surface area contributed by atoms with E-state index in [-0.39, 0.29) is 11.8 Å². The molecule has 1 aliphatic heterocycles. The SMILES string of the molecule is Cc1ccc(C(=O)N2CCC[C@@H](CC(C)(C)C(N)=O)C2)c(Cl)c1. The fourth-order valence-corrected chi connectivity index (χ4v) is 3.52. The zero-order valence-electron chi connectivity index (χ0n) is 14.1. The number of carbonyl (C=O) groups is 2. The molecule has 0 unspecified atom stereocenters. The summed E-state index contributed by atoms with van der Waals surface area (Å²) in [5.74, 6) is -0.0291. The summed E-state index contributed by atoms with van der Waals surface area (Å²) >= 11 is 6.22. The smallest absolute Gasteiger partial charge is 0.255 e. The molecular weight excluding hydrogens is 312 g/mol. The summed E-state index contributed by atoms with van der Waals surface area (Å²) in [6.07, 6.45) is 2.66. The molecule has 0 saturated carbocycles. The minimum atomic E-state index is -0.543. The third-order valence-electron chi connectivity index (χ3n) is 4.63. The van der Waals surface area contributed by atoms with Crippen LogP contribution in [0.2, 0.25) is 5.02 Å². The first-order chi connectivity index (χ1) is 10.7. The second kappa shape index (κ2) is 6.91. The number of nitrogens with two attached hydrogens (primary N) is 1. The van der Waals surface area contributed by atoms with Gasteiger partial charge in [-0.25, -0.2) is 0 Å². The first-order valence-corrected chi connectivity index (χ1v) is 8.44. The van der Waals surface area contributed by atoms with Gasteiger partial charge < -0.3 is 10.6 Å². The summed E-state index contributed by atoms with van der Waals surface area (Å²) in [5, 5.41) is 0.495. The molecule has 1 aromatic rings. The van der Waals surface area contributed by atoms with Gasteiger partial charge in [0.2, 0.25) is 5.91 Å². The first-order valence-electron chi connectivity index (χ1n) is 8.06. The van der Waals surface area contributed by atoms with Crippen LogP contribution in [0.3, 0.4) is 0 Å². The second-order valence-electron chi connectivity index (χ2n) is 7.19. The molecule has 4 nitrogen and oxygen atoms in total. The number of rotatable bonds is 4. The number of primary amides is 1. The summed E-state index contributed by atoms with van der Waals surface area (Å²) < 4.78 is 0. The van der Waals surface area contributed by atoms with E-state index in [9.17, 15) is 9.59 Å². The minimum Gasteiger partial charge on any atom is -0.369 e. The molecule has 1 fully saturated rings. The standard InChI is InChI=1S/C18H25ClN2O2/c1-12-6-7-14(15(19)9-12)16(22)21-8-4-5-13(11-21)10-18(2,3)17(20)23/h6-7,9,13H,4-5,8,10-11H2,1-3H3,(H2,20,23)/t13-/m0/s1. The number of carbonyl (C=O) groups excluding carboxylic acids is 2. The Morgan fingerprint density at radius 2 is 2.09 bits per heavy atom. The van der Waals surface area contributed by atoms with Crippen molar-refractivity contribution in [1.82, 2.24) is 4.90 Å². The van der Waals surface area contributed by atoms with Gasteiger partial charge in [0.05, 0.1) is 10.6 Å². The van der Waals surface area contributed by atoms with Crippen LogP contribution >= 0.6 is 11.6 Å². The van der Waals surface area contributed by atoms with E-state index >= 15 is 0 Å². The fourth-order valence-electron chi connectivity index (χ4n) is 3.20. The van der Waals surface area contributed by atoms with Gasteiger partial charge >= 0.3 is 0 Å². The van der Waals surface area contributed by atoms with Crippen molar-refractivity contribution < 1.29 is 9.59 Å². The average molecular weight is 337 g/mol. The maximum absolute atomic E-state index is 12.7. The molecule has 126 valence electrons. The van der Waals surface area contributed by atoms with Gasteiger partial charge in [-0.1, -0.05) is 31.5 Å². The highest BCUT2D eigenvalue weighted by Crippen LogP contribution is 2.31. The van der Waals surface area contributed by atoms with Gasteiger partial charge in [-0.05, 0) is 49.8 Å². The zero-order valence-corrected chi connectivity index (χ0v) is 14.8. The van der Waals surface area contributed by atoms with Crippen LogP contribution in [0.4, 0.5) is 0 Å². The van der Waals surface area contributed by atoms with E-state index in [1.807, 2.05) is 37.8 Å². The van der Waals surface area contributed by atoms with Crippen LogP contribution in [0.5, 0.6) is 0 Å². The summed E-state index contributed by atoms with van der Waals surface area (Å²) in [5.41, 5.74) is 6.51. The number of nitrogens with zero attached hydrogens (tertiary/aromatic N) is 1. The highest BCUT2D eigenvalue weighted by atomic mass is 35.5. The summed E-state index contributed by atoms with van der Waals surface area (Å²) in [6, 6.07) is 5.50. The second-order valence-corrected chi connectivity index (χ2v) is 7.60. The number of piperidine rings is 1. The van der Waals surface area contributed by atoms with Crippen molar-refractivity contribution in [2.45, 2.75) is 40.0 Å². The molecule has 1 aromatic carbocycles. The molecule has 0 radical (unpaired) electrons. The predicted octanol–water partition coefficient (Wildman–Crippen LogP) is 3.40. The Labute approximate surface area is 143 Å². The molecule has 5 heteroatoms. The molecule has 2 amide bonds. The van der Waals surface area contributed by atoms with Gasteiger partial charge in [-0.15, -0.1) is 0 Å². The molecule has 1 aliphatic rings. The van der Waals surface area contributed by atoms with E-state index in [2.05, 4.69) is 0 Å². The fraction of sp³-hybridized carbons (Fsp3) is 0.556. The highest BCUT2D eigenvalue weighted by molar-refractivity contribution is 6.33. The number of amides is 2. The molecule has 1 atom stereocenters. The number of aryl methyl sites for hydroxylation is 1. The number of halogens is 1. The van der Waals surface area contributed by atoms with E-state index in [1.165, 1.54) is 0 Å². The van der Waals surface area contributed by atoms with E-state index in [0.717, 1.165) is 24.9 Å². The monoisotopic (exact) mass is 336 g/mol. The van der Waals surface area contributed by atoms with Crippen LogP contribution < -0.4 is 5.73 Å².